The van der Waals surface area contributed by atoms with Gasteiger partial charge in [0.1, 0.15) is 5.82 Å². The molecule has 3 aromatic rings. The summed E-state index contributed by atoms with van der Waals surface area (Å²) in [6.45, 7) is 0. The van der Waals surface area contributed by atoms with E-state index in [9.17, 15) is 13.2 Å². The van der Waals surface area contributed by atoms with Crippen LogP contribution in [-0.4, -0.2) is 24.1 Å². The van der Waals surface area contributed by atoms with E-state index < -0.39 is 10.0 Å². The smallest absolute Gasteiger partial charge is 0.263 e. The molecule has 1 fully saturated rings. The number of amides is 1. The lowest BCUT2D eigenvalue weighted by Crippen LogP contribution is -2.16. The summed E-state index contributed by atoms with van der Waals surface area (Å²) in [6, 6.07) is 16.9. The second-order valence-electron chi connectivity index (χ2n) is 6.36. The number of carbonyl (C=O) groups excluding carboxylic acids is 1. The quantitative estimate of drug-likeness (QED) is 0.685. The standard InChI is InChI=1S/C19H18N4O3S/c24-19(14-6-7-14)21-15-8-10-17(11-9-15)27(25,26)22-18-12-13-20-23(18)16-4-2-1-3-5-16/h1-5,8-14,22H,6-7H2,(H,21,24). The zero-order valence-electron chi connectivity index (χ0n) is 14.4. The average molecular weight is 382 g/mol. The summed E-state index contributed by atoms with van der Waals surface area (Å²) >= 11 is 0. The third kappa shape index (κ3) is 3.85. The Balaban J connectivity index is 1.52. The van der Waals surface area contributed by atoms with Crippen LogP contribution >= 0.6 is 0 Å². The first kappa shape index (κ1) is 17.3. The van der Waals surface area contributed by atoms with E-state index in [2.05, 4.69) is 15.1 Å². The molecule has 0 saturated heterocycles. The SMILES string of the molecule is O=C(Nc1ccc(S(=O)(=O)Nc2ccnn2-c2ccccc2)cc1)C1CC1. The molecule has 1 heterocycles. The third-order valence-electron chi connectivity index (χ3n) is 4.26. The predicted octanol–water partition coefficient (Wildman–Crippen LogP) is 3.02. The maximum atomic E-state index is 12.7. The van der Waals surface area contributed by atoms with Crippen LogP contribution in [0.4, 0.5) is 11.5 Å². The Kier molecular flexibility index (Phi) is 4.41. The molecule has 0 atom stereocenters. The van der Waals surface area contributed by atoms with E-state index in [-0.39, 0.29) is 16.7 Å². The van der Waals surface area contributed by atoms with Gasteiger partial charge in [0, 0.05) is 17.7 Å². The highest BCUT2D eigenvalue weighted by atomic mass is 32.2. The van der Waals surface area contributed by atoms with Crippen molar-refractivity contribution in [1.29, 1.82) is 0 Å². The summed E-state index contributed by atoms with van der Waals surface area (Å²) in [5.74, 6) is 0.413. The monoisotopic (exact) mass is 382 g/mol. The zero-order chi connectivity index (χ0) is 18.9. The Hall–Kier alpha value is -3.13. The Morgan fingerprint density at radius 2 is 1.70 bits per heavy atom. The van der Waals surface area contributed by atoms with Crippen molar-refractivity contribution >= 4 is 27.4 Å². The van der Waals surface area contributed by atoms with Crippen molar-refractivity contribution in [3.05, 3.63) is 66.9 Å². The van der Waals surface area contributed by atoms with E-state index in [1.807, 2.05) is 30.3 Å². The molecule has 0 aliphatic heterocycles. The maximum absolute atomic E-state index is 12.7. The summed E-state index contributed by atoms with van der Waals surface area (Å²) in [5.41, 5.74) is 1.33. The molecule has 7 nitrogen and oxygen atoms in total. The van der Waals surface area contributed by atoms with E-state index in [0.717, 1.165) is 18.5 Å². The maximum Gasteiger partial charge on any atom is 0.263 e. The number of nitrogens with one attached hydrogen (secondary N) is 2. The topological polar surface area (TPSA) is 93.1 Å². The summed E-state index contributed by atoms with van der Waals surface area (Å²) in [5, 5.41) is 6.97. The predicted molar refractivity (Wildman–Crippen MR) is 102 cm³/mol. The zero-order valence-corrected chi connectivity index (χ0v) is 15.2. The van der Waals surface area contributed by atoms with Crippen LogP contribution in [0, 0.1) is 5.92 Å². The fourth-order valence-electron chi connectivity index (χ4n) is 2.66. The number of hydrogen-bond acceptors (Lipinski definition) is 4. The molecule has 0 unspecified atom stereocenters. The molecule has 2 N–H and O–H groups in total. The number of rotatable bonds is 6. The molecule has 27 heavy (non-hydrogen) atoms. The van der Waals surface area contributed by atoms with Gasteiger partial charge in [-0.05, 0) is 49.2 Å². The molecule has 0 bridgehead atoms. The molecule has 1 aliphatic carbocycles. The van der Waals surface area contributed by atoms with Crippen LogP contribution in [0.5, 0.6) is 0 Å². The lowest BCUT2D eigenvalue weighted by atomic mass is 10.3. The number of anilines is 2. The first-order valence-electron chi connectivity index (χ1n) is 8.56. The number of aromatic nitrogens is 2. The van der Waals surface area contributed by atoms with Gasteiger partial charge in [-0.1, -0.05) is 18.2 Å². The Labute approximate surface area is 157 Å². The van der Waals surface area contributed by atoms with Gasteiger partial charge in [0.05, 0.1) is 16.8 Å². The van der Waals surface area contributed by atoms with E-state index in [0.29, 0.717) is 11.5 Å². The van der Waals surface area contributed by atoms with Gasteiger partial charge in [-0.25, -0.2) is 13.1 Å². The Morgan fingerprint density at radius 1 is 1.00 bits per heavy atom. The van der Waals surface area contributed by atoms with Crippen molar-refractivity contribution in [2.24, 2.45) is 5.92 Å². The summed E-state index contributed by atoms with van der Waals surface area (Å²) < 4.78 is 29.5. The van der Waals surface area contributed by atoms with E-state index >= 15 is 0 Å². The Morgan fingerprint density at radius 3 is 2.37 bits per heavy atom. The lowest BCUT2D eigenvalue weighted by molar-refractivity contribution is -0.117. The van der Waals surface area contributed by atoms with Crippen molar-refractivity contribution in [1.82, 2.24) is 9.78 Å². The van der Waals surface area contributed by atoms with Gasteiger partial charge in [-0.3, -0.25) is 9.52 Å². The molecular formula is C19H18N4O3S. The number of hydrogen-bond donors (Lipinski definition) is 2. The van der Waals surface area contributed by atoms with Crippen LogP contribution in [0.15, 0.2) is 71.8 Å². The van der Waals surface area contributed by atoms with Gasteiger partial charge >= 0.3 is 0 Å². The highest BCUT2D eigenvalue weighted by molar-refractivity contribution is 7.92. The highest BCUT2D eigenvalue weighted by Gasteiger charge is 2.29. The minimum atomic E-state index is -3.79. The second-order valence-corrected chi connectivity index (χ2v) is 8.04. The minimum Gasteiger partial charge on any atom is -0.326 e. The van der Waals surface area contributed by atoms with Gasteiger partial charge in [-0.15, -0.1) is 0 Å². The van der Waals surface area contributed by atoms with Crippen molar-refractivity contribution < 1.29 is 13.2 Å². The van der Waals surface area contributed by atoms with Crippen LogP contribution in [0.2, 0.25) is 0 Å². The number of carbonyl (C=O) groups is 1. The molecule has 0 spiro atoms. The van der Waals surface area contributed by atoms with Crippen LogP contribution in [-0.2, 0) is 14.8 Å². The summed E-state index contributed by atoms with van der Waals surface area (Å²) in [6.07, 6.45) is 3.36. The summed E-state index contributed by atoms with van der Waals surface area (Å²) in [7, 11) is -3.79. The molecule has 4 rings (SSSR count). The summed E-state index contributed by atoms with van der Waals surface area (Å²) in [4.78, 5) is 11.9. The number of nitrogens with zero attached hydrogens (tertiary/aromatic N) is 2. The molecule has 1 amide bonds. The van der Waals surface area contributed by atoms with Gasteiger partial charge in [0.25, 0.3) is 10.0 Å². The van der Waals surface area contributed by atoms with Crippen molar-refractivity contribution in [2.75, 3.05) is 10.0 Å². The first-order valence-corrected chi connectivity index (χ1v) is 10.0. The van der Waals surface area contributed by atoms with Crippen molar-refractivity contribution in [3.8, 4) is 5.69 Å². The molecule has 1 aliphatic rings. The van der Waals surface area contributed by atoms with E-state index in [1.54, 1.807) is 18.2 Å². The van der Waals surface area contributed by atoms with Gasteiger partial charge in [0.2, 0.25) is 5.91 Å². The van der Waals surface area contributed by atoms with Crippen LogP contribution in [0.25, 0.3) is 5.69 Å². The van der Waals surface area contributed by atoms with Gasteiger partial charge < -0.3 is 5.32 Å². The van der Waals surface area contributed by atoms with Crippen molar-refractivity contribution in [2.45, 2.75) is 17.7 Å². The molecule has 2 aromatic carbocycles. The van der Waals surface area contributed by atoms with Gasteiger partial charge in [0.15, 0.2) is 0 Å². The number of para-hydroxylation sites is 1. The van der Waals surface area contributed by atoms with E-state index in [4.69, 9.17) is 0 Å². The van der Waals surface area contributed by atoms with Gasteiger partial charge in [-0.2, -0.15) is 5.10 Å². The fourth-order valence-corrected chi connectivity index (χ4v) is 3.70. The van der Waals surface area contributed by atoms with Crippen LogP contribution < -0.4 is 10.0 Å². The second kappa shape index (κ2) is 6.88. The molecular weight excluding hydrogens is 364 g/mol. The molecule has 1 saturated carbocycles. The molecule has 138 valence electrons. The van der Waals surface area contributed by atoms with Crippen LogP contribution in [0.1, 0.15) is 12.8 Å². The van der Waals surface area contributed by atoms with E-state index in [1.165, 1.54) is 23.0 Å². The third-order valence-corrected chi connectivity index (χ3v) is 5.63. The minimum absolute atomic E-state index is 0.0181. The molecule has 8 heteroatoms. The Bertz CT molecular complexity index is 1060. The lowest BCUT2D eigenvalue weighted by Gasteiger charge is -2.11. The first-order chi connectivity index (χ1) is 13.0. The highest BCUT2D eigenvalue weighted by Crippen LogP contribution is 2.30. The van der Waals surface area contributed by atoms with Crippen molar-refractivity contribution in [3.63, 3.8) is 0 Å². The fraction of sp³-hybridized carbons (Fsp3) is 0.158. The normalized spacial score (nSPS) is 13.9. The largest absolute Gasteiger partial charge is 0.326 e. The molecule has 0 radical (unpaired) electrons. The average Bonchev–Trinajstić information content (AvgIpc) is 3.43. The number of benzene rings is 2. The molecule has 1 aromatic heterocycles. The van der Waals surface area contributed by atoms with Crippen LogP contribution in [0.3, 0.4) is 0 Å². The number of sulfonamides is 1.